The average molecular weight is 644 g/mol. The smallest absolute Gasteiger partial charge is 0.256 e. The lowest BCUT2D eigenvalue weighted by Gasteiger charge is -2.42. The van der Waals surface area contributed by atoms with E-state index in [1.165, 1.54) is 30.1 Å². The van der Waals surface area contributed by atoms with Gasteiger partial charge in [-0.3, -0.25) is 9.69 Å². The van der Waals surface area contributed by atoms with Crippen molar-refractivity contribution in [2.45, 2.75) is 56.1 Å². The number of rotatable bonds is 9. The van der Waals surface area contributed by atoms with Crippen LogP contribution in [-0.2, 0) is 21.1 Å². The second kappa shape index (κ2) is 14.1. The highest BCUT2D eigenvalue weighted by molar-refractivity contribution is 7.90. The number of nitrogens with zero attached hydrogens (tertiary/aromatic N) is 3. The van der Waals surface area contributed by atoms with Crippen molar-refractivity contribution in [1.82, 2.24) is 19.8 Å². The number of likely N-dealkylation sites (tertiary alicyclic amines) is 1. The molecule has 2 aliphatic rings. The monoisotopic (exact) mass is 643 g/mol. The molecule has 10 nitrogen and oxygen atoms in total. The van der Waals surface area contributed by atoms with Crippen LogP contribution in [0.5, 0.6) is 5.75 Å². The largest absolute Gasteiger partial charge is 0.495 e. The van der Waals surface area contributed by atoms with Gasteiger partial charge >= 0.3 is 0 Å². The van der Waals surface area contributed by atoms with Crippen LogP contribution < -0.4 is 15.4 Å². The number of nitrogens with one attached hydrogen (secondary N) is 2. The standard InChI is InChI=1S/C32H39F2N5O5S/c1-21-18-38(23-9-13-44-14-10-23)12-8-26(21)37-32(40)25-15-22(16-28-31(25)36-20-39(28)19-30(33)34)5-4-11-35-27-7-6-24(45(3,41)42)17-29(27)43-2/h6-7,15-17,20-21,23,26,30,35H,8-14,18-19H2,1-3H3,(H,37,40)/t21-,26-/m0/s1. The molecule has 1 aromatic heterocycles. The van der Waals surface area contributed by atoms with Gasteiger partial charge in [0, 0.05) is 56.3 Å². The molecule has 3 heterocycles. The fourth-order valence-corrected chi connectivity index (χ4v) is 6.69. The summed E-state index contributed by atoms with van der Waals surface area (Å²) in [5.74, 6) is 6.29. The molecule has 2 aliphatic heterocycles. The van der Waals surface area contributed by atoms with Crippen LogP contribution in [0.15, 0.2) is 41.6 Å². The normalized spacial score (nSPS) is 19.7. The molecule has 5 rings (SSSR count). The first-order valence-electron chi connectivity index (χ1n) is 15.0. The molecule has 3 aromatic rings. The number of ether oxygens (including phenoxy) is 2. The molecule has 13 heteroatoms. The summed E-state index contributed by atoms with van der Waals surface area (Å²) in [6, 6.07) is 8.29. The van der Waals surface area contributed by atoms with Crippen LogP contribution in [0.1, 0.15) is 42.1 Å². The van der Waals surface area contributed by atoms with Crippen molar-refractivity contribution in [2.75, 3.05) is 51.5 Å². The van der Waals surface area contributed by atoms with Gasteiger partial charge < -0.3 is 24.7 Å². The lowest BCUT2D eigenvalue weighted by molar-refractivity contribution is 0.0136. The van der Waals surface area contributed by atoms with Gasteiger partial charge in [0.25, 0.3) is 12.3 Å². The van der Waals surface area contributed by atoms with Crippen LogP contribution in [0, 0.1) is 17.8 Å². The maximum atomic E-state index is 13.7. The third kappa shape index (κ3) is 7.92. The third-order valence-electron chi connectivity index (χ3n) is 8.47. The second-order valence-electron chi connectivity index (χ2n) is 11.7. The molecule has 0 bridgehead atoms. The Morgan fingerprint density at radius 3 is 2.67 bits per heavy atom. The van der Waals surface area contributed by atoms with Crippen LogP contribution in [0.2, 0.25) is 0 Å². The first kappa shape index (κ1) is 32.7. The molecule has 0 radical (unpaired) electrons. The van der Waals surface area contributed by atoms with Gasteiger partial charge in [-0.25, -0.2) is 22.2 Å². The summed E-state index contributed by atoms with van der Waals surface area (Å²) >= 11 is 0. The Kier molecular flexibility index (Phi) is 10.3. The number of carbonyl (C=O) groups excluding carboxylic acids is 1. The van der Waals surface area contributed by atoms with Crippen LogP contribution in [0.25, 0.3) is 11.0 Å². The van der Waals surface area contributed by atoms with E-state index in [-0.39, 0.29) is 34.9 Å². The first-order valence-corrected chi connectivity index (χ1v) is 16.9. The molecule has 2 fully saturated rings. The van der Waals surface area contributed by atoms with E-state index < -0.39 is 22.8 Å². The summed E-state index contributed by atoms with van der Waals surface area (Å²) in [4.78, 5) is 20.6. The number of hydrogen-bond acceptors (Lipinski definition) is 8. The van der Waals surface area contributed by atoms with Crippen LogP contribution in [0.3, 0.4) is 0 Å². The van der Waals surface area contributed by atoms with E-state index in [1.807, 2.05) is 0 Å². The maximum Gasteiger partial charge on any atom is 0.256 e. The number of piperidine rings is 1. The summed E-state index contributed by atoms with van der Waals surface area (Å²) < 4.78 is 62.6. The summed E-state index contributed by atoms with van der Waals surface area (Å²) in [5, 5.41) is 6.30. The lowest BCUT2D eigenvalue weighted by Crippen LogP contribution is -2.53. The Balaban J connectivity index is 1.33. The molecule has 2 atom stereocenters. The van der Waals surface area contributed by atoms with E-state index in [1.54, 1.807) is 18.2 Å². The predicted molar refractivity (Wildman–Crippen MR) is 168 cm³/mol. The van der Waals surface area contributed by atoms with Gasteiger partial charge in [-0.15, -0.1) is 0 Å². The van der Waals surface area contributed by atoms with E-state index >= 15 is 0 Å². The van der Waals surface area contributed by atoms with Crippen molar-refractivity contribution in [2.24, 2.45) is 5.92 Å². The second-order valence-corrected chi connectivity index (χ2v) is 13.7. The SMILES string of the molecule is COc1cc(S(C)(=O)=O)ccc1NCC#Cc1cc(C(=O)N[C@H]2CCN(C3CCOCC3)C[C@@H]2C)c2ncn(CC(F)F)c2c1. The molecule has 2 aromatic carbocycles. The number of carbonyl (C=O) groups is 1. The van der Waals surface area contributed by atoms with Gasteiger partial charge in [0.15, 0.2) is 9.84 Å². The molecule has 2 N–H and O–H groups in total. The number of sulfone groups is 1. The number of benzene rings is 2. The third-order valence-corrected chi connectivity index (χ3v) is 9.58. The number of imidazole rings is 1. The van der Waals surface area contributed by atoms with Crippen molar-refractivity contribution in [3.8, 4) is 17.6 Å². The topological polar surface area (TPSA) is 115 Å². The molecule has 0 saturated carbocycles. The van der Waals surface area contributed by atoms with E-state index in [4.69, 9.17) is 9.47 Å². The highest BCUT2D eigenvalue weighted by Gasteiger charge is 2.32. The van der Waals surface area contributed by atoms with Gasteiger partial charge in [-0.1, -0.05) is 18.8 Å². The fraction of sp³-hybridized carbons (Fsp3) is 0.500. The maximum absolute atomic E-state index is 13.7. The molecule has 0 unspecified atom stereocenters. The number of alkyl halides is 2. The van der Waals surface area contributed by atoms with Crippen LogP contribution in [0.4, 0.5) is 14.5 Å². The Morgan fingerprint density at radius 2 is 1.98 bits per heavy atom. The first-order chi connectivity index (χ1) is 21.5. The average Bonchev–Trinajstić information content (AvgIpc) is 3.41. The lowest BCUT2D eigenvalue weighted by atomic mass is 9.91. The van der Waals surface area contributed by atoms with Gasteiger partial charge in [-0.2, -0.15) is 0 Å². The molecular weight excluding hydrogens is 604 g/mol. The molecular formula is C32H39F2N5O5S. The predicted octanol–water partition coefficient (Wildman–Crippen LogP) is 3.80. The van der Waals surface area contributed by atoms with Crippen molar-refractivity contribution in [3.05, 3.63) is 47.8 Å². The summed E-state index contributed by atoms with van der Waals surface area (Å²) in [6.07, 6.45) is 2.71. The summed E-state index contributed by atoms with van der Waals surface area (Å²) in [7, 11) is -1.95. The van der Waals surface area contributed by atoms with Gasteiger partial charge in [0.1, 0.15) is 11.3 Å². The quantitative estimate of drug-likeness (QED) is 0.339. The number of fused-ring (bicyclic) bond motifs is 1. The Morgan fingerprint density at radius 1 is 1.20 bits per heavy atom. The fourth-order valence-electron chi connectivity index (χ4n) is 6.06. The van der Waals surface area contributed by atoms with E-state index in [9.17, 15) is 22.0 Å². The molecule has 45 heavy (non-hydrogen) atoms. The number of aromatic nitrogens is 2. The van der Waals surface area contributed by atoms with E-state index in [2.05, 4.69) is 39.3 Å². The Labute approximate surface area is 262 Å². The van der Waals surface area contributed by atoms with E-state index in [0.717, 1.165) is 51.8 Å². The van der Waals surface area contributed by atoms with Crippen molar-refractivity contribution in [1.29, 1.82) is 0 Å². The molecule has 2 saturated heterocycles. The minimum atomic E-state index is -3.40. The Hall–Kier alpha value is -3.73. The molecule has 1 amide bonds. The van der Waals surface area contributed by atoms with Crippen molar-refractivity contribution < 1.29 is 31.5 Å². The number of methoxy groups -OCH3 is 1. The summed E-state index contributed by atoms with van der Waals surface area (Å²) in [5.41, 5.74) is 2.07. The highest BCUT2D eigenvalue weighted by atomic mass is 32.2. The molecule has 0 spiro atoms. The highest BCUT2D eigenvalue weighted by Crippen LogP contribution is 2.28. The molecule has 242 valence electrons. The van der Waals surface area contributed by atoms with Gasteiger partial charge in [-0.05, 0) is 49.4 Å². The number of amides is 1. The van der Waals surface area contributed by atoms with E-state index in [0.29, 0.717) is 34.1 Å². The van der Waals surface area contributed by atoms with Crippen LogP contribution >= 0.6 is 0 Å². The zero-order valence-corrected chi connectivity index (χ0v) is 26.5. The minimum Gasteiger partial charge on any atom is -0.495 e. The van der Waals surface area contributed by atoms with Crippen molar-refractivity contribution in [3.63, 3.8) is 0 Å². The number of anilines is 1. The Bertz CT molecular complexity index is 1690. The molecule has 0 aliphatic carbocycles. The zero-order chi connectivity index (χ0) is 32.1. The van der Waals surface area contributed by atoms with Crippen molar-refractivity contribution >= 4 is 32.5 Å². The zero-order valence-electron chi connectivity index (χ0n) is 25.7. The minimum absolute atomic E-state index is 0.0326. The summed E-state index contributed by atoms with van der Waals surface area (Å²) in [6.45, 7) is 5.10. The number of hydrogen-bond donors (Lipinski definition) is 2. The van der Waals surface area contributed by atoms with Gasteiger partial charge in [0.2, 0.25) is 0 Å². The van der Waals surface area contributed by atoms with Crippen LogP contribution in [-0.4, -0.2) is 93.5 Å². The number of halogens is 2. The van der Waals surface area contributed by atoms with Gasteiger partial charge in [0.05, 0.1) is 48.2 Å².